The Morgan fingerprint density at radius 1 is 1.19 bits per heavy atom. The molecule has 2 heterocycles. The summed E-state index contributed by atoms with van der Waals surface area (Å²) in [5, 5.41) is 7.65. The van der Waals surface area contributed by atoms with Gasteiger partial charge in [0.25, 0.3) is 0 Å². The van der Waals surface area contributed by atoms with E-state index in [0.717, 1.165) is 16.5 Å². The van der Waals surface area contributed by atoms with Crippen LogP contribution in [0.25, 0.3) is 22.2 Å². The highest BCUT2D eigenvalue weighted by molar-refractivity contribution is 5.85. The van der Waals surface area contributed by atoms with E-state index in [0.29, 0.717) is 12.2 Å². The Kier molecular flexibility index (Phi) is 3.51. The second-order valence-corrected chi connectivity index (χ2v) is 4.53. The van der Waals surface area contributed by atoms with E-state index in [-0.39, 0.29) is 6.03 Å². The zero-order valence-corrected chi connectivity index (χ0v) is 11.6. The number of amides is 2. The molecule has 0 unspecified atom stereocenters. The topological polar surface area (TPSA) is 71.8 Å². The van der Waals surface area contributed by atoms with E-state index in [9.17, 15) is 4.79 Å². The Balaban J connectivity index is 1.93. The van der Waals surface area contributed by atoms with Gasteiger partial charge in [0.05, 0.1) is 6.20 Å². The first kappa shape index (κ1) is 13.1. The molecule has 0 spiro atoms. The zero-order valence-electron chi connectivity index (χ0n) is 11.6. The van der Waals surface area contributed by atoms with E-state index in [1.54, 1.807) is 12.4 Å². The van der Waals surface area contributed by atoms with Gasteiger partial charge in [-0.1, -0.05) is 30.3 Å². The summed E-state index contributed by atoms with van der Waals surface area (Å²) >= 11 is 0. The lowest BCUT2D eigenvalue weighted by Gasteiger charge is -2.06. The molecule has 0 aliphatic heterocycles. The first-order valence-electron chi connectivity index (χ1n) is 6.72. The molecule has 0 aliphatic carbocycles. The minimum absolute atomic E-state index is 0.309. The highest BCUT2D eigenvalue weighted by atomic mass is 16.2. The monoisotopic (exact) mass is 281 g/mol. The number of pyridine rings is 1. The molecule has 3 aromatic rings. The summed E-state index contributed by atoms with van der Waals surface area (Å²) in [6.07, 6.45) is 3.45. The van der Waals surface area contributed by atoms with Gasteiger partial charge in [-0.3, -0.25) is 0 Å². The van der Waals surface area contributed by atoms with Crippen LogP contribution in [-0.4, -0.2) is 27.4 Å². The Morgan fingerprint density at radius 2 is 2.00 bits per heavy atom. The zero-order chi connectivity index (χ0) is 14.7. The Bertz CT molecular complexity index is 766. The van der Waals surface area contributed by atoms with Crippen LogP contribution >= 0.6 is 0 Å². The van der Waals surface area contributed by atoms with Gasteiger partial charge >= 0.3 is 6.03 Å². The number of aromatic nitrogens is 3. The van der Waals surface area contributed by atoms with Crippen molar-refractivity contribution in [3.63, 3.8) is 0 Å². The summed E-state index contributed by atoms with van der Waals surface area (Å²) in [7, 11) is 0. The molecule has 0 radical (unpaired) electrons. The van der Waals surface area contributed by atoms with E-state index in [2.05, 4.69) is 20.8 Å². The minimum atomic E-state index is -0.309. The number of carbonyl (C=O) groups is 1. The van der Waals surface area contributed by atoms with Gasteiger partial charge in [-0.2, -0.15) is 9.89 Å². The highest BCUT2D eigenvalue weighted by Gasteiger charge is 2.08. The van der Waals surface area contributed by atoms with Gasteiger partial charge in [0.2, 0.25) is 0 Å². The molecule has 0 saturated heterocycles. The van der Waals surface area contributed by atoms with Crippen molar-refractivity contribution < 1.29 is 4.79 Å². The number of fused-ring (bicyclic) bond motifs is 1. The molecule has 2 aromatic heterocycles. The third-order valence-corrected chi connectivity index (χ3v) is 3.06. The van der Waals surface area contributed by atoms with Crippen LogP contribution in [0.4, 0.5) is 4.79 Å². The molecular weight excluding hydrogens is 266 g/mol. The molecule has 21 heavy (non-hydrogen) atoms. The molecule has 106 valence electrons. The second-order valence-electron chi connectivity index (χ2n) is 4.53. The van der Waals surface area contributed by atoms with Gasteiger partial charge in [0.1, 0.15) is 0 Å². The summed E-state index contributed by atoms with van der Waals surface area (Å²) in [5.41, 5.74) is 5.34. The van der Waals surface area contributed by atoms with Gasteiger partial charge < -0.3 is 5.32 Å². The Hall–Kier alpha value is -2.89. The number of hydrogen-bond acceptors (Lipinski definition) is 3. The Morgan fingerprint density at radius 3 is 2.76 bits per heavy atom. The summed E-state index contributed by atoms with van der Waals surface area (Å²) in [6.45, 7) is 2.40. The summed E-state index contributed by atoms with van der Waals surface area (Å²) in [6, 6.07) is 11.7. The number of rotatable bonds is 3. The molecule has 0 fully saturated rings. The maximum absolute atomic E-state index is 11.5. The lowest BCUT2D eigenvalue weighted by atomic mass is 10.1. The predicted molar refractivity (Wildman–Crippen MR) is 81.4 cm³/mol. The molecule has 3 rings (SSSR count). The van der Waals surface area contributed by atoms with Crippen molar-refractivity contribution in [2.75, 3.05) is 12.0 Å². The van der Waals surface area contributed by atoms with E-state index in [4.69, 9.17) is 0 Å². The fourth-order valence-corrected chi connectivity index (χ4v) is 2.09. The third kappa shape index (κ3) is 2.69. The summed E-state index contributed by atoms with van der Waals surface area (Å²) < 4.78 is 0. The van der Waals surface area contributed by atoms with Crippen molar-refractivity contribution in [2.45, 2.75) is 6.92 Å². The molecule has 2 amide bonds. The van der Waals surface area contributed by atoms with Crippen LogP contribution < -0.4 is 10.7 Å². The number of benzene rings is 1. The third-order valence-electron chi connectivity index (χ3n) is 3.06. The largest absolute Gasteiger partial charge is 0.337 e. The smallest absolute Gasteiger partial charge is 0.335 e. The van der Waals surface area contributed by atoms with Crippen LogP contribution in [0, 0.1) is 0 Å². The van der Waals surface area contributed by atoms with E-state index >= 15 is 0 Å². The minimum Gasteiger partial charge on any atom is -0.337 e. The van der Waals surface area contributed by atoms with Crippen LogP contribution in [0.2, 0.25) is 0 Å². The quantitative estimate of drug-likeness (QED) is 0.774. The number of urea groups is 1. The van der Waals surface area contributed by atoms with Crippen molar-refractivity contribution in [1.82, 2.24) is 20.2 Å². The fourth-order valence-electron chi connectivity index (χ4n) is 2.09. The van der Waals surface area contributed by atoms with Crippen LogP contribution in [0.5, 0.6) is 0 Å². The highest BCUT2D eigenvalue weighted by Crippen LogP contribution is 2.21. The fraction of sp³-hybridized carbons (Fsp3) is 0.133. The first-order chi connectivity index (χ1) is 10.3. The Labute approximate surface area is 121 Å². The lowest BCUT2D eigenvalue weighted by molar-refractivity contribution is 0.249. The van der Waals surface area contributed by atoms with Crippen molar-refractivity contribution in [2.24, 2.45) is 0 Å². The van der Waals surface area contributed by atoms with Crippen molar-refractivity contribution in [3.05, 3.63) is 48.8 Å². The normalized spacial score (nSPS) is 10.5. The van der Waals surface area contributed by atoms with Crippen molar-refractivity contribution in [1.29, 1.82) is 0 Å². The maximum atomic E-state index is 11.5. The molecule has 0 saturated carbocycles. The molecule has 1 aromatic carbocycles. The second kappa shape index (κ2) is 5.62. The van der Waals surface area contributed by atoms with Crippen LogP contribution in [-0.2, 0) is 0 Å². The van der Waals surface area contributed by atoms with Gasteiger partial charge in [0, 0.05) is 23.7 Å². The number of carbonyl (C=O) groups excluding carboxylic acids is 1. The van der Waals surface area contributed by atoms with Crippen molar-refractivity contribution in [3.8, 4) is 11.1 Å². The summed E-state index contributed by atoms with van der Waals surface area (Å²) in [5.74, 6) is 0. The van der Waals surface area contributed by atoms with E-state index in [1.165, 1.54) is 4.79 Å². The average Bonchev–Trinajstić information content (AvgIpc) is 2.91. The van der Waals surface area contributed by atoms with Gasteiger partial charge in [-0.15, -0.1) is 0 Å². The summed E-state index contributed by atoms with van der Waals surface area (Å²) in [4.78, 5) is 17.3. The van der Waals surface area contributed by atoms with Crippen LogP contribution in [0.15, 0.2) is 48.8 Å². The average molecular weight is 281 g/mol. The van der Waals surface area contributed by atoms with Gasteiger partial charge in [-0.25, -0.2) is 15.2 Å². The van der Waals surface area contributed by atoms with Crippen LogP contribution in [0.1, 0.15) is 6.92 Å². The lowest BCUT2D eigenvalue weighted by Crippen LogP contribution is -2.34. The first-order valence-corrected chi connectivity index (χ1v) is 6.72. The molecule has 2 N–H and O–H groups in total. The maximum Gasteiger partial charge on any atom is 0.335 e. The van der Waals surface area contributed by atoms with E-state index < -0.39 is 0 Å². The van der Waals surface area contributed by atoms with Gasteiger partial charge in [-0.05, 0) is 18.6 Å². The standard InChI is InChI=1S/C15H15N5O/c1-2-16-15(21)19-20-14-13(10-18-20)8-12(9-17-14)11-6-4-3-5-7-11/h3-10H,2H2,1H3,(H2,16,19,21). The van der Waals surface area contributed by atoms with Gasteiger partial charge in [0.15, 0.2) is 5.65 Å². The number of hydrogen-bond donors (Lipinski definition) is 2. The molecular formula is C15H15N5O. The van der Waals surface area contributed by atoms with Crippen molar-refractivity contribution >= 4 is 17.1 Å². The predicted octanol–water partition coefficient (Wildman–Crippen LogP) is 2.37. The van der Waals surface area contributed by atoms with Crippen LogP contribution in [0.3, 0.4) is 0 Å². The molecule has 6 nitrogen and oxygen atoms in total. The molecule has 0 bridgehead atoms. The number of nitrogens with one attached hydrogen (secondary N) is 2. The number of nitrogens with zero attached hydrogens (tertiary/aromatic N) is 3. The molecule has 6 heteroatoms. The van der Waals surface area contributed by atoms with E-state index in [1.807, 2.05) is 43.3 Å². The molecule has 0 aliphatic rings. The molecule has 0 atom stereocenters. The SMILES string of the molecule is CCNC(=O)Nn1ncc2cc(-c3ccccc3)cnc21.